The normalized spacial score (nSPS) is 10.7. The molecule has 0 aliphatic heterocycles. The van der Waals surface area contributed by atoms with Gasteiger partial charge in [-0.15, -0.1) is 0 Å². The summed E-state index contributed by atoms with van der Waals surface area (Å²) in [6.07, 6.45) is 1.14. The van der Waals surface area contributed by atoms with Gasteiger partial charge in [0.1, 0.15) is 11.6 Å². The van der Waals surface area contributed by atoms with Gasteiger partial charge >= 0.3 is 5.97 Å². The Labute approximate surface area is 132 Å². The first-order valence-corrected chi connectivity index (χ1v) is 6.98. The zero-order chi connectivity index (χ0) is 16.6. The van der Waals surface area contributed by atoms with E-state index in [-0.39, 0.29) is 5.56 Å². The van der Waals surface area contributed by atoms with Crippen LogP contribution < -0.4 is 4.74 Å². The van der Waals surface area contributed by atoms with E-state index in [2.05, 4.69) is 4.98 Å². The van der Waals surface area contributed by atoms with Crippen LogP contribution in [0.4, 0.5) is 4.39 Å². The van der Waals surface area contributed by atoms with Crippen molar-refractivity contribution >= 4 is 16.7 Å². The van der Waals surface area contributed by atoms with Crippen molar-refractivity contribution in [3.05, 3.63) is 59.5 Å². The van der Waals surface area contributed by atoms with Gasteiger partial charge in [-0.05, 0) is 30.7 Å². The summed E-state index contributed by atoms with van der Waals surface area (Å²) in [5.41, 5.74) is 2.21. The lowest BCUT2D eigenvalue weighted by molar-refractivity contribution is 0.0697. The van der Waals surface area contributed by atoms with E-state index in [1.165, 1.54) is 18.2 Å². The summed E-state index contributed by atoms with van der Waals surface area (Å²) in [6, 6.07) is 9.83. The van der Waals surface area contributed by atoms with E-state index in [0.717, 1.165) is 17.3 Å². The van der Waals surface area contributed by atoms with Crippen molar-refractivity contribution in [1.29, 1.82) is 0 Å². The predicted octanol–water partition coefficient (Wildman–Crippen LogP) is 4.06. The number of ether oxygens (including phenoxy) is 1. The Kier molecular flexibility index (Phi) is 3.70. The minimum absolute atomic E-state index is 0.0821. The van der Waals surface area contributed by atoms with Crippen LogP contribution in [0.5, 0.6) is 5.75 Å². The number of halogens is 1. The molecule has 0 spiro atoms. The SMILES string of the molecule is COc1cccc(C)c1-c1ncc(F)c2ccc(C(=O)O)cc12. The molecule has 23 heavy (non-hydrogen) atoms. The number of nitrogens with zero attached hydrogens (tertiary/aromatic N) is 1. The molecular weight excluding hydrogens is 297 g/mol. The number of fused-ring (bicyclic) bond motifs is 1. The molecule has 2 aromatic carbocycles. The third-order valence-corrected chi connectivity index (χ3v) is 3.78. The van der Waals surface area contributed by atoms with Crippen molar-refractivity contribution in [1.82, 2.24) is 4.98 Å². The van der Waals surface area contributed by atoms with E-state index in [1.807, 2.05) is 19.1 Å². The molecule has 0 aliphatic carbocycles. The zero-order valence-electron chi connectivity index (χ0n) is 12.6. The Balaban J connectivity index is 2.41. The third-order valence-electron chi connectivity index (χ3n) is 3.78. The van der Waals surface area contributed by atoms with Crippen LogP contribution in [0.3, 0.4) is 0 Å². The Morgan fingerprint density at radius 2 is 2.00 bits per heavy atom. The van der Waals surface area contributed by atoms with Crippen LogP contribution in [0.25, 0.3) is 22.0 Å². The maximum absolute atomic E-state index is 14.1. The first kappa shape index (κ1) is 15.0. The number of aromatic nitrogens is 1. The number of aromatic carboxylic acids is 1. The minimum Gasteiger partial charge on any atom is -0.496 e. The van der Waals surface area contributed by atoms with Gasteiger partial charge in [-0.2, -0.15) is 0 Å². The molecule has 4 nitrogen and oxygen atoms in total. The molecule has 0 radical (unpaired) electrons. The first-order chi connectivity index (χ1) is 11.0. The highest BCUT2D eigenvalue weighted by molar-refractivity contribution is 6.01. The maximum Gasteiger partial charge on any atom is 0.335 e. The molecule has 0 saturated heterocycles. The quantitative estimate of drug-likeness (QED) is 0.792. The summed E-state index contributed by atoms with van der Waals surface area (Å²) < 4.78 is 19.4. The van der Waals surface area contributed by atoms with Gasteiger partial charge in [0.15, 0.2) is 0 Å². The van der Waals surface area contributed by atoms with Gasteiger partial charge in [0, 0.05) is 16.3 Å². The lowest BCUT2D eigenvalue weighted by atomic mass is 9.97. The van der Waals surface area contributed by atoms with Crippen molar-refractivity contribution in [3.63, 3.8) is 0 Å². The van der Waals surface area contributed by atoms with E-state index in [4.69, 9.17) is 4.74 Å². The zero-order valence-corrected chi connectivity index (χ0v) is 12.6. The smallest absolute Gasteiger partial charge is 0.335 e. The number of methoxy groups -OCH3 is 1. The van der Waals surface area contributed by atoms with E-state index >= 15 is 0 Å². The molecule has 1 aromatic heterocycles. The molecule has 0 fully saturated rings. The standard InChI is InChI=1S/C18H14FNO3/c1-10-4-3-5-15(23-2)16(10)17-13-8-11(18(21)22)6-7-12(13)14(19)9-20-17/h3-9H,1-2H3,(H,21,22). The highest BCUT2D eigenvalue weighted by atomic mass is 19.1. The van der Waals surface area contributed by atoms with Crippen molar-refractivity contribution in [2.75, 3.05) is 7.11 Å². The van der Waals surface area contributed by atoms with E-state index in [9.17, 15) is 14.3 Å². The van der Waals surface area contributed by atoms with Gasteiger partial charge in [-0.1, -0.05) is 18.2 Å². The van der Waals surface area contributed by atoms with Gasteiger partial charge < -0.3 is 9.84 Å². The summed E-state index contributed by atoms with van der Waals surface area (Å²) in [7, 11) is 1.55. The Bertz CT molecular complexity index is 922. The minimum atomic E-state index is -1.07. The molecule has 0 saturated carbocycles. The maximum atomic E-state index is 14.1. The molecule has 0 bridgehead atoms. The topological polar surface area (TPSA) is 59.4 Å². The molecule has 5 heteroatoms. The summed E-state index contributed by atoms with van der Waals surface area (Å²) in [6.45, 7) is 1.90. The number of rotatable bonds is 3. The van der Waals surface area contributed by atoms with Crippen molar-refractivity contribution < 1.29 is 19.0 Å². The third kappa shape index (κ3) is 2.50. The fourth-order valence-electron chi connectivity index (χ4n) is 2.66. The molecule has 3 rings (SSSR count). The lowest BCUT2D eigenvalue weighted by Gasteiger charge is -2.13. The van der Waals surface area contributed by atoms with Gasteiger partial charge in [-0.3, -0.25) is 4.98 Å². The highest BCUT2D eigenvalue weighted by Crippen LogP contribution is 2.36. The average molecular weight is 311 g/mol. The molecule has 0 unspecified atom stereocenters. The largest absolute Gasteiger partial charge is 0.496 e. The van der Waals surface area contributed by atoms with Crippen LogP contribution in [-0.4, -0.2) is 23.2 Å². The molecular formula is C18H14FNO3. The van der Waals surface area contributed by atoms with E-state index < -0.39 is 11.8 Å². The number of carboxylic acids is 1. The molecule has 1 N–H and O–H groups in total. The average Bonchev–Trinajstić information content (AvgIpc) is 2.55. The number of hydrogen-bond donors (Lipinski definition) is 1. The summed E-state index contributed by atoms with van der Waals surface area (Å²) in [5.74, 6) is -0.960. The van der Waals surface area contributed by atoms with Crippen LogP contribution in [0.15, 0.2) is 42.6 Å². The summed E-state index contributed by atoms with van der Waals surface area (Å²) in [5, 5.41) is 9.96. The van der Waals surface area contributed by atoms with Crippen LogP contribution in [0.2, 0.25) is 0 Å². The predicted molar refractivity (Wildman–Crippen MR) is 85.4 cm³/mol. The number of carboxylic acid groups (broad SMARTS) is 1. The second kappa shape index (κ2) is 5.68. The summed E-state index contributed by atoms with van der Waals surface area (Å²) in [4.78, 5) is 15.4. The van der Waals surface area contributed by atoms with Crippen molar-refractivity contribution in [2.24, 2.45) is 0 Å². The van der Waals surface area contributed by atoms with Crippen molar-refractivity contribution in [2.45, 2.75) is 6.92 Å². The Morgan fingerprint density at radius 3 is 2.70 bits per heavy atom. The Morgan fingerprint density at radius 1 is 1.22 bits per heavy atom. The number of benzene rings is 2. The number of carbonyl (C=O) groups is 1. The number of pyridine rings is 1. The molecule has 3 aromatic rings. The second-order valence-corrected chi connectivity index (χ2v) is 5.17. The van der Waals surface area contributed by atoms with Crippen LogP contribution in [-0.2, 0) is 0 Å². The van der Waals surface area contributed by atoms with Crippen LogP contribution in [0.1, 0.15) is 15.9 Å². The monoisotopic (exact) mass is 311 g/mol. The summed E-state index contributed by atoms with van der Waals surface area (Å²) >= 11 is 0. The molecule has 0 amide bonds. The van der Waals surface area contributed by atoms with Gasteiger partial charge in [0.05, 0.1) is 24.6 Å². The lowest BCUT2D eigenvalue weighted by Crippen LogP contribution is -1.99. The van der Waals surface area contributed by atoms with E-state index in [1.54, 1.807) is 13.2 Å². The fourth-order valence-corrected chi connectivity index (χ4v) is 2.66. The molecule has 1 heterocycles. The van der Waals surface area contributed by atoms with Crippen molar-refractivity contribution in [3.8, 4) is 17.0 Å². The van der Waals surface area contributed by atoms with Gasteiger partial charge in [-0.25, -0.2) is 9.18 Å². The second-order valence-electron chi connectivity index (χ2n) is 5.17. The van der Waals surface area contributed by atoms with Crippen LogP contribution in [0, 0.1) is 12.7 Å². The van der Waals surface area contributed by atoms with Gasteiger partial charge in [0.25, 0.3) is 0 Å². The molecule has 0 aliphatic rings. The first-order valence-electron chi connectivity index (χ1n) is 6.98. The number of aryl methyl sites for hydroxylation is 1. The number of hydrogen-bond acceptors (Lipinski definition) is 3. The van der Waals surface area contributed by atoms with E-state index in [0.29, 0.717) is 22.2 Å². The molecule has 0 atom stereocenters. The van der Waals surface area contributed by atoms with Crippen LogP contribution >= 0.6 is 0 Å². The van der Waals surface area contributed by atoms with Gasteiger partial charge in [0.2, 0.25) is 0 Å². The molecule has 116 valence electrons. The highest BCUT2D eigenvalue weighted by Gasteiger charge is 2.17. The fraction of sp³-hybridized carbons (Fsp3) is 0.111. The Hall–Kier alpha value is -2.95.